The fourth-order valence-electron chi connectivity index (χ4n) is 3.31. The topological polar surface area (TPSA) is 74.6 Å². The first-order valence-corrected chi connectivity index (χ1v) is 8.13. The summed E-state index contributed by atoms with van der Waals surface area (Å²) in [5.41, 5.74) is 0.159. The van der Waals surface area contributed by atoms with E-state index in [2.05, 4.69) is 5.32 Å². The van der Waals surface area contributed by atoms with Crippen molar-refractivity contribution >= 4 is 22.6 Å². The molecule has 1 aromatic carbocycles. The summed E-state index contributed by atoms with van der Waals surface area (Å²) in [6.07, 6.45) is 3.29. The molecule has 2 heterocycles. The summed E-state index contributed by atoms with van der Waals surface area (Å²) in [4.78, 5) is 25.7. The zero-order chi connectivity index (χ0) is 16.8. The predicted octanol–water partition coefficient (Wildman–Crippen LogP) is 1.58. The molecule has 0 atom stereocenters. The number of carboxylic acid groups (broad SMARTS) is 1. The van der Waals surface area contributed by atoms with Crippen molar-refractivity contribution in [2.45, 2.75) is 18.9 Å². The zero-order valence-corrected chi connectivity index (χ0v) is 16.8. The molecular weight excluding hydrogens is 379 g/mol. The molecular formula is C17H18FN3O3Zn. The first-order valence-electron chi connectivity index (χ1n) is 8.13. The molecule has 8 heteroatoms. The Kier molecular flexibility index (Phi) is 4.93. The minimum absolute atomic E-state index is 0. The summed E-state index contributed by atoms with van der Waals surface area (Å²) in [5.74, 6) is -1.76. The van der Waals surface area contributed by atoms with Crippen molar-refractivity contribution in [1.82, 2.24) is 9.88 Å². The van der Waals surface area contributed by atoms with Gasteiger partial charge in [-0.05, 0) is 25.0 Å². The van der Waals surface area contributed by atoms with E-state index in [1.165, 1.54) is 12.3 Å². The van der Waals surface area contributed by atoms with Crippen LogP contribution < -0.4 is 15.6 Å². The van der Waals surface area contributed by atoms with Crippen LogP contribution in [0.3, 0.4) is 0 Å². The molecule has 25 heavy (non-hydrogen) atoms. The summed E-state index contributed by atoms with van der Waals surface area (Å²) in [5, 5.41) is 12.6. The maximum absolute atomic E-state index is 14.6. The van der Waals surface area contributed by atoms with Crippen molar-refractivity contribution in [1.29, 1.82) is 0 Å². The summed E-state index contributed by atoms with van der Waals surface area (Å²) in [7, 11) is 0. The SMILES string of the molecule is O=C(O)c1cn(C2CC2)c2cc(N3CCNCC3)c(F)cc2c1=O.[Zn]. The quantitative estimate of drug-likeness (QED) is 0.771. The number of aromatic nitrogens is 1. The third kappa shape index (κ3) is 3.21. The van der Waals surface area contributed by atoms with Crippen LogP contribution >= 0.6 is 0 Å². The summed E-state index contributed by atoms with van der Waals surface area (Å²) in [6, 6.07) is 3.08. The van der Waals surface area contributed by atoms with Gasteiger partial charge in [0.25, 0.3) is 0 Å². The summed E-state index contributed by atoms with van der Waals surface area (Å²) in [6.45, 7) is 2.96. The number of carbonyl (C=O) groups is 1. The molecule has 1 aliphatic heterocycles. The number of nitrogens with one attached hydrogen (secondary N) is 1. The first kappa shape index (κ1) is 18.0. The second-order valence-electron chi connectivity index (χ2n) is 6.37. The molecule has 0 radical (unpaired) electrons. The molecule has 2 fully saturated rings. The monoisotopic (exact) mass is 395 g/mol. The number of hydrogen-bond donors (Lipinski definition) is 2. The second kappa shape index (κ2) is 6.85. The maximum Gasteiger partial charge on any atom is 0.341 e. The fraction of sp³-hybridized carbons (Fsp3) is 0.412. The molecule has 2 aliphatic rings. The molecule has 1 saturated carbocycles. The number of piperazine rings is 1. The Morgan fingerprint density at radius 1 is 1.24 bits per heavy atom. The van der Waals surface area contributed by atoms with Gasteiger partial charge in [0.2, 0.25) is 5.43 Å². The van der Waals surface area contributed by atoms with Crippen LogP contribution in [0.4, 0.5) is 10.1 Å². The third-order valence-corrected chi connectivity index (χ3v) is 4.73. The first-order chi connectivity index (χ1) is 11.6. The average Bonchev–Trinajstić information content (AvgIpc) is 3.40. The van der Waals surface area contributed by atoms with Crippen molar-refractivity contribution in [2.75, 3.05) is 31.1 Å². The van der Waals surface area contributed by atoms with Crippen LogP contribution in [0, 0.1) is 5.82 Å². The van der Waals surface area contributed by atoms with Crippen LogP contribution in [0.5, 0.6) is 0 Å². The van der Waals surface area contributed by atoms with Crippen molar-refractivity contribution in [3.05, 3.63) is 39.9 Å². The van der Waals surface area contributed by atoms with Crippen LogP contribution in [0.2, 0.25) is 0 Å². The Balaban J connectivity index is 0.00000182. The number of hydrogen-bond acceptors (Lipinski definition) is 4. The van der Waals surface area contributed by atoms with Crippen LogP contribution in [-0.2, 0) is 19.5 Å². The minimum Gasteiger partial charge on any atom is -0.477 e. The van der Waals surface area contributed by atoms with Gasteiger partial charge in [-0.15, -0.1) is 0 Å². The van der Waals surface area contributed by atoms with Gasteiger partial charge in [0, 0.05) is 63.3 Å². The number of carboxylic acids is 1. The van der Waals surface area contributed by atoms with Crippen LogP contribution in [0.1, 0.15) is 29.2 Å². The molecule has 1 saturated heterocycles. The molecule has 128 valence electrons. The van der Waals surface area contributed by atoms with E-state index in [1.807, 2.05) is 9.47 Å². The van der Waals surface area contributed by atoms with Gasteiger partial charge in [-0.1, -0.05) is 0 Å². The van der Waals surface area contributed by atoms with E-state index >= 15 is 0 Å². The second-order valence-corrected chi connectivity index (χ2v) is 6.37. The Morgan fingerprint density at radius 3 is 2.52 bits per heavy atom. The van der Waals surface area contributed by atoms with E-state index in [-0.39, 0.29) is 36.5 Å². The van der Waals surface area contributed by atoms with Crippen LogP contribution in [0.15, 0.2) is 23.1 Å². The number of nitrogens with zero attached hydrogens (tertiary/aromatic N) is 2. The normalized spacial score (nSPS) is 17.4. The largest absolute Gasteiger partial charge is 0.477 e. The van der Waals surface area contributed by atoms with Crippen molar-refractivity contribution < 1.29 is 33.8 Å². The molecule has 2 N–H and O–H groups in total. The van der Waals surface area contributed by atoms with E-state index in [1.54, 1.807) is 6.07 Å². The molecule has 4 rings (SSSR count). The van der Waals surface area contributed by atoms with Gasteiger partial charge >= 0.3 is 5.97 Å². The van der Waals surface area contributed by atoms with Gasteiger partial charge in [-0.2, -0.15) is 0 Å². The molecule has 0 amide bonds. The maximum atomic E-state index is 14.6. The molecule has 0 spiro atoms. The third-order valence-electron chi connectivity index (χ3n) is 4.73. The average molecular weight is 397 g/mol. The van der Waals surface area contributed by atoms with E-state index in [9.17, 15) is 19.1 Å². The molecule has 0 unspecified atom stereocenters. The van der Waals surface area contributed by atoms with Crippen LogP contribution in [0.25, 0.3) is 10.9 Å². The molecule has 0 bridgehead atoms. The Morgan fingerprint density at radius 2 is 1.92 bits per heavy atom. The molecule has 6 nitrogen and oxygen atoms in total. The summed E-state index contributed by atoms with van der Waals surface area (Å²) < 4.78 is 16.4. The number of aromatic carboxylic acids is 1. The van der Waals surface area contributed by atoms with Gasteiger partial charge in [-0.3, -0.25) is 4.79 Å². The fourth-order valence-corrected chi connectivity index (χ4v) is 3.31. The van der Waals surface area contributed by atoms with Crippen molar-refractivity contribution in [2.24, 2.45) is 0 Å². The predicted molar refractivity (Wildman–Crippen MR) is 88.5 cm³/mol. The van der Waals surface area contributed by atoms with Crippen molar-refractivity contribution in [3.8, 4) is 0 Å². The standard InChI is InChI=1S/C17H18FN3O3.Zn/c18-13-7-11-14(8-15(13)20-5-3-19-4-6-20)21(10-1-2-10)9-12(16(11)22)17(23)24;/h7-10,19H,1-6H2,(H,23,24);. The Labute approximate surface area is 156 Å². The van der Waals surface area contributed by atoms with E-state index < -0.39 is 17.2 Å². The number of rotatable bonds is 3. The smallest absolute Gasteiger partial charge is 0.341 e. The van der Waals surface area contributed by atoms with Gasteiger partial charge in [0.15, 0.2) is 0 Å². The molecule has 2 aromatic rings. The number of halogens is 1. The van der Waals surface area contributed by atoms with Gasteiger partial charge in [0.1, 0.15) is 11.4 Å². The summed E-state index contributed by atoms with van der Waals surface area (Å²) >= 11 is 0. The van der Waals surface area contributed by atoms with Crippen LogP contribution in [-0.4, -0.2) is 41.8 Å². The molecule has 1 aliphatic carbocycles. The van der Waals surface area contributed by atoms with Gasteiger partial charge in [0.05, 0.1) is 11.2 Å². The van der Waals surface area contributed by atoms with Gasteiger partial charge in [-0.25, -0.2) is 9.18 Å². The zero-order valence-electron chi connectivity index (χ0n) is 13.8. The number of fused-ring (bicyclic) bond motifs is 1. The Bertz CT molecular complexity index is 889. The van der Waals surface area contributed by atoms with Crippen molar-refractivity contribution in [3.63, 3.8) is 0 Å². The molecule has 1 aromatic heterocycles. The van der Waals surface area contributed by atoms with E-state index in [0.29, 0.717) is 24.3 Å². The number of pyridine rings is 1. The Hall–Kier alpha value is -1.79. The number of anilines is 1. The minimum atomic E-state index is -1.28. The van der Waals surface area contributed by atoms with Gasteiger partial charge < -0.3 is 19.9 Å². The van der Waals surface area contributed by atoms with E-state index in [4.69, 9.17) is 0 Å². The number of benzene rings is 1. The van der Waals surface area contributed by atoms with E-state index in [0.717, 1.165) is 25.9 Å².